The predicted octanol–water partition coefficient (Wildman–Crippen LogP) is 2.51. The molecule has 7 heteroatoms. The summed E-state index contributed by atoms with van der Waals surface area (Å²) < 4.78 is 0. The van der Waals surface area contributed by atoms with E-state index in [1.165, 1.54) is 4.90 Å². The fourth-order valence-corrected chi connectivity index (χ4v) is 3.66. The van der Waals surface area contributed by atoms with Gasteiger partial charge in [-0.2, -0.15) is 0 Å². The van der Waals surface area contributed by atoms with Gasteiger partial charge in [0.05, 0.1) is 11.7 Å². The Labute approximate surface area is 157 Å². The number of likely N-dealkylation sites (tertiary alicyclic amines) is 1. The Bertz CT molecular complexity index is 867. The van der Waals surface area contributed by atoms with Crippen molar-refractivity contribution in [3.63, 3.8) is 0 Å². The monoisotopic (exact) mass is 364 g/mol. The molecule has 0 spiro atoms. The number of nitrogens with one attached hydrogen (secondary N) is 1. The number of benzene rings is 1. The Morgan fingerprint density at radius 2 is 1.89 bits per heavy atom. The van der Waals surface area contributed by atoms with Gasteiger partial charge in [-0.3, -0.25) is 24.8 Å². The third-order valence-corrected chi connectivity index (χ3v) is 5.01. The van der Waals surface area contributed by atoms with Crippen LogP contribution in [0.1, 0.15) is 41.4 Å². The first-order chi connectivity index (χ1) is 13.1. The van der Waals surface area contributed by atoms with Gasteiger partial charge in [0.1, 0.15) is 6.54 Å². The van der Waals surface area contributed by atoms with Crippen LogP contribution in [-0.2, 0) is 4.79 Å². The summed E-state index contributed by atoms with van der Waals surface area (Å²) >= 11 is 0. The molecule has 4 rings (SSSR count). The van der Waals surface area contributed by atoms with E-state index in [9.17, 15) is 14.4 Å². The summed E-state index contributed by atoms with van der Waals surface area (Å²) in [5.74, 6) is -0.370. The second-order valence-electron chi connectivity index (χ2n) is 6.75. The van der Waals surface area contributed by atoms with Gasteiger partial charge < -0.3 is 4.90 Å². The Hall–Kier alpha value is -3.22. The minimum Gasteiger partial charge on any atom is -0.330 e. The molecule has 7 nitrogen and oxygen atoms in total. The molecular formula is C20H20N4O3. The molecule has 0 radical (unpaired) electrons. The number of rotatable bonds is 3. The predicted molar refractivity (Wildman–Crippen MR) is 99.2 cm³/mol. The Balaban J connectivity index is 1.54. The molecule has 4 amide bonds. The first kappa shape index (κ1) is 17.2. The number of nitrogens with zero attached hydrogens (tertiary/aromatic N) is 3. The molecule has 2 aromatic rings. The molecule has 0 aliphatic carbocycles. The molecule has 138 valence electrons. The lowest BCUT2D eigenvalue weighted by Crippen LogP contribution is -2.38. The van der Waals surface area contributed by atoms with Crippen molar-refractivity contribution in [2.45, 2.75) is 25.3 Å². The van der Waals surface area contributed by atoms with Crippen molar-refractivity contribution in [1.29, 1.82) is 0 Å². The zero-order valence-electron chi connectivity index (χ0n) is 14.8. The van der Waals surface area contributed by atoms with Gasteiger partial charge in [0.15, 0.2) is 0 Å². The maximum absolute atomic E-state index is 13.1. The molecule has 0 bridgehead atoms. The van der Waals surface area contributed by atoms with E-state index in [1.807, 2.05) is 23.1 Å². The van der Waals surface area contributed by atoms with E-state index >= 15 is 0 Å². The summed E-state index contributed by atoms with van der Waals surface area (Å²) in [5, 5.41) is 2.24. The smallest absolute Gasteiger partial charge is 0.329 e. The summed E-state index contributed by atoms with van der Waals surface area (Å²) in [6.07, 6.45) is 4.70. The van der Waals surface area contributed by atoms with E-state index in [2.05, 4.69) is 10.3 Å². The molecule has 0 unspecified atom stereocenters. The summed E-state index contributed by atoms with van der Waals surface area (Å²) in [4.78, 5) is 43.9. The number of anilines is 1. The van der Waals surface area contributed by atoms with Crippen molar-refractivity contribution in [2.24, 2.45) is 0 Å². The van der Waals surface area contributed by atoms with Gasteiger partial charge in [-0.15, -0.1) is 0 Å². The van der Waals surface area contributed by atoms with Gasteiger partial charge in [-0.1, -0.05) is 6.07 Å². The lowest BCUT2D eigenvalue weighted by Gasteiger charge is -2.35. The van der Waals surface area contributed by atoms with Gasteiger partial charge in [-0.25, -0.2) is 4.79 Å². The maximum atomic E-state index is 13.1. The number of amides is 4. The number of urea groups is 1. The number of pyridine rings is 1. The number of aromatic nitrogens is 1. The lowest BCUT2D eigenvalue weighted by atomic mass is 9.97. The highest BCUT2D eigenvalue weighted by Gasteiger charge is 2.30. The molecular weight excluding hydrogens is 344 g/mol. The molecule has 1 aromatic heterocycles. The van der Waals surface area contributed by atoms with Crippen LogP contribution in [0, 0.1) is 0 Å². The van der Waals surface area contributed by atoms with Crippen LogP contribution in [0.2, 0.25) is 0 Å². The summed E-state index contributed by atoms with van der Waals surface area (Å²) in [6.45, 7) is 0.699. The molecule has 2 aliphatic heterocycles. The molecule has 2 fully saturated rings. The first-order valence-electron chi connectivity index (χ1n) is 9.07. The summed E-state index contributed by atoms with van der Waals surface area (Å²) in [6, 6.07) is 12.1. The van der Waals surface area contributed by atoms with Gasteiger partial charge >= 0.3 is 6.03 Å². The molecule has 2 aliphatic rings. The maximum Gasteiger partial charge on any atom is 0.329 e. The molecule has 27 heavy (non-hydrogen) atoms. The number of carbonyl (C=O) groups is 3. The average molecular weight is 364 g/mol. The van der Waals surface area contributed by atoms with E-state index in [4.69, 9.17) is 0 Å². The third kappa shape index (κ3) is 3.40. The second-order valence-corrected chi connectivity index (χ2v) is 6.75. The average Bonchev–Trinajstić information content (AvgIpc) is 3.06. The standard InChI is InChI=1S/C20H20N4O3/c25-18-13-24(20(27)22-18)15-9-7-14(8-10-15)19(26)23-12-4-2-6-17(23)16-5-1-3-11-21-16/h1,3,5,7-11,17H,2,4,6,12-13H2,(H,22,25,27)/t17-/m0/s1. The van der Waals surface area contributed by atoms with Gasteiger partial charge in [0.2, 0.25) is 5.91 Å². The minimum atomic E-state index is -0.440. The summed E-state index contributed by atoms with van der Waals surface area (Å²) in [7, 11) is 0. The zero-order valence-corrected chi connectivity index (χ0v) is 14.8. The van der Waals surface area contributed by atoms with Crippen LogP contribution >= 0.6 is 0 Å². The second kappa shape index (κ2) is 7.19. The Morgan fingerprint density at radius 3 is 2.56 bits per heavy atom. The van der Waals surface area contributed by atoms with Gasteiger partial charge in [0, 0.05) is 24.0 Å². The molecule has 3 heterocycles. The topological polar surface area (TPSA) is 82.6 Å². The van der Waals surface area contributed by atoms with Crippen LogP contribution in [0.3, 0.4) is 0 Å². The number of hydrogen-bond donors (Lipinski definition) is 1. The third-order valence-electron chi connectivity index (χ3n) is 5.01. The number of piperidine rings is 1. The highest BCUT2D eigenvalue weighted by Crippen LogP contribution is 2.31. The summed E-state index contributed by atoms with van der Waals surface area (Å²) in [5.41, 5.74) is 2.07. The van der Waals surface area contributed by atoms with Crippen molar-refractivity contribution in [3.8, 4) is 0 Å². The van der Waals surface area contributed by atoms with Gasteiger partial charge in [0.25, 0.3) is 5.91 Å². The molecule has 1 aromatic carbocycles. The Kier molecular flexibility index (Phi) is 4.58. The quantitative estimate of drug-likeness (QED) is 0.849. The molecule has 2 saturated heterocycles. The highest BCUT2D eigenvalue weighted by atomic mass is 16.2. The van der Waals surface area contributed by atoms with Gasteiger partial charge in [-0.05, 0) is 55.7 Å². The van der Waals surface area contributed by atoms with Crippen molar-refractivity contribution in [2.75, 3.05) is 18.0 Å². The Morgan fingerprint density at radius 1 is 1.07 bits per heavy atom. The van der Waals surface area contributed by atoms with Crippen molar-refractivity contribution < 1.29 is 14.4 Å². The SMILES string of the molecule is O=C1CN(c2ccc(C(=O)N3CCCC[C@H]3c3ccccn3)cc2)C(=O)N1. The molecule has 1 atom stereocenters. The van der Waals surface area contributed by atoms with Crippen molar-refractivity contribution >= 4 is 23.5 Å². The fourth-order valence-electron chi connectivity index (χ4n) is 3.66. The number of hydrogen-bond acceptors (Lipinski definition) is 4. The largest absolute Gasteiger partial charge is 0.330 e. The normalized spacial score (nSPS) is 19.9. The van der Waals surface area contributed by atoms with Crippen LogP contribution in [0.4, 0.5) is 10.5 Å². The van der Waals surface area contributed by atoms with E-state index in [0.717, 1.165) is 25.0 Å². The van der Waals surface area contributed by atoms with Crippen LogP contribution in [0.25, 0.3) is 0 Å². The highest BCUT2D eigenvalue weighted by molar-refractivity contribution is 6.12. The van der Waals surface area contributed by atoms with Crippen LogP contribution in [0.15, 0.2) is 48.7 Å². The molecule has 1 N–H and O–H groups in total. The lowest BCUT2D eigenvalue weighted by molar-refractivity contribution is -0.117. The van der Waals surface area contributed by atoms with Crippen molar-refractivity contribution in [1.82, 2.24) is 15.2 Å². The van der Waals surface area contributed by atoms with E-state index in [1.54, 1.807) is 30.5 Å². The van der Waals surface area contributed by atoms with E-state index < -0.39 is 6.03 Å². The zero-order chi connectivity index (χ0) is 18.8. The van der Waals surface area contributed by atoms with Crippen LogP contribution in [0.5, 0.6) is 0 Å². The minimum absolute atomic E-state index is 0.00000208. The van der Waals surface area contributed by atoms with E-state index in [0.29, 0.717) is 17.8 Å². The van der Waals surface area contributed by atoms with E-state index in [-0.39, 0.29) is 24.4 Å². The number of imide groups is 1. The van der Waals surface area contributed by atoms with Crippen molar-refractivity contribution in [3.05, 3.63) is 59.9 Å². The van der Waals surface area contributed by atoms with Crippen LogP contribution < -0.4 is 10.2 Å². The first-order valence-corrected chi connectivity index (χ1v) is 9.07. The number of carbonyl (C=O) groups excluding carboxylic acids is 3. The molecule has 0 saturated carbocycles. The van der Waals surface area contributed by atoms with Crippen LogP contribution in [-0.4, -0.2) is 40.8 Å². The fraction of sp³-hybridized carbons (Fsp3) is 0.300.